The highest BCUT2D eigenvalue weighted by atomic mass is 32.2. The molecule has 0 fully saturated rings. The van der Waals surface area contributed by atoms with Crippen LogP contribution in [0.15, 0.2) is 23.7 Å². The van der Waals surface area contributed by atoms with Gasteiger partial charge >= 0.3 is 0 Å². The van der Waals surface area contributed by atoms with E-state index in [9.17, 15) is 0 Å². The molecule has 0 amide bonds. The molecule has 0 aliphatic carbocycles. The molecule has 1 aromatic heterocycles. The van der Waals surface area contributed by atoms with E-state index in [-0.39, 0.29) is 0 Å². The molecule has 0 saturated carbocycles. The summed E-state index contributed by atoms with van der Waals surface area (Å²) in [5.74, 6) is 1.94. The summed E-state index contributed by atoms with van der Waals surface area (Å²) in [5.41, 5.74) is 0. The number of nitrogens with one attached hydrogen (secondary N) is 2. The molecule has 16 heavy (non-hydrogen) atoms. The normalized spacial score (nSPS) is 11.5. The van der Waals surface area contributed by atoms with Gasteiger partial charge in [-0.25, -0.2) is 4.98 Å². The van der Waals surface area contributed by atoms with Crippen molar-refractivity contribution in [2.24, 2.45) is 4.99 Å². The number of nitrogens with zero attached hydrogens (tertiary/aromatic N) is 3. The van der Waals surface area contributed by atoms with Crippen LogP contribution in [0.25, 0.3) is 0 Å². The zero-order chi connectivity index (χ0) is 11.6. The van der Waals surface area contributed by atoms with Crippen molar-refractivity contribution in [2.75, 3.05) is 32.1 Å². The molecule has 0 aliphatic rings. The number of thioether (sulfide) groups is 1. The molecule has 0 bridgehead atoms. The Morgan fingerprint density at radius 1 is 1.44 bits per heavy atom. The Morgan fingerprint density at radius 2 is 2.25 bits per heavy atom. The fourth-order valence-electron chi connectivity index (χ4n) is 1.21. The van der Waals surface area contributed by atoms with E-state index < -0.39 is 0 Å². The SMILES string of the molecule is CN=C(NCCSC)NCCn1ccnc1. The average molecular weight is 241 g/mol. The molecule has 1 heterocycles. The maximum atomic E-state index is 4.14. The molecular weight excluding hydrogens is 222 g/mol. The fourth-order valence-corrected chi connectivity index (χ4v) is 1.52. The summed E-state index contributed by atoms with van der Waals surface area (Å²) in [6, 6.07) is 0. The topological polar surface area (TPSA) is 54.2 Å². The summed E-state index contributed by atoms with van der Waals surface area (Å²) in [7, 11) is 1.78. The first-order chi connectivity index (χ1) is 7.86. The van der Waals surface area contributed by atoms with Gasteiger partial charge in [-0.3, -0.25) is 4.99 Å². The second-order valence-corrected chi connectivity index (χ2v) is 4.20. The number of hydrogen-bond acceptors (Lipinski definition) is 3. The highest BCUT2D eigenvalue weighted by molar-refractivity contribution is 7.98. The molecule has 1 aromatic rings. The quantitative estimate of drug-likeness (QED) is 0.430. The summed E-state index contributed by atoms with van der Waals surface area (Å²) in [5, 5.41) is 6.49. The monoisotopic (exact) mass is 241 g/mol. The largest absolute Gasteiger partial charge is 0.356 e. The molecule has 1 rings (SSSR count). The van der Waals surface area contributed by atoms with Gasteiger partial charge in [0.1, 0.15) is 0 Å². The smallest absolute Gasteiger partial charge is 0.191 e. The maximum absolute atomic E-state index is 4.14. The van der Waals surface area contributed by atoms with Crippen molar-refractivity contribution in [1.82, 2.24) is 20.2 Å². The van der Waals surface area contributed by atoms with E-state index in [1.807, 2.05) is 28.9 Å². The van der Waals surface area contributed by atoms with Crippen molar-refractivity contribution in [1.29, 1.82) is 0 Å². The van der Waals surface area contributed by atoms with Gasteiger partial charge in [-0.2, -0.15) is 11.8 Å². The van der Waals surface area contributed by atoms with Gasteiger partial charge < -0.3 is 15.2 Å². The Hall–Kier alpha value is -1.17. The molecular formula is C10H19N5S. The first-order valence-electron chi connectivity index (χ1n) is 5.26. The van der Waals surface area contributed by atoms with Crippen LogP contribution in [0.4, 0.5) is 0 Å². The number of aliphatic imine (C=N–C) groups is 1. The van der Waals surface area contributed by atoms with E-state index in [1.165, 1.54) is 0 Å². The Bertz CT molecular complexity index is 296. The molecule has 0 aliphatic heterocycles. The van der Waals surface area contributed by atoms with E-state index >= 15 is 0 Å². The van der Waals surface area contributed by atoms with Crippen LogP contribution in [0, 0.1) is 0 Å². The molecule has 0 saturated heterocycles. The minimum atomic E-state index is 0.843. The number of aromatic nitrogens is 2. The number of rotatable bonds is 6. The van der Waals surface area contributed by atoms with E-state index in [1.54, 1.807) is 13.2 Å². The molecule has 90 valence electrons. The zero-order valence-corrected chi connectivity index (χ0v) is 10.6. The summed E-state index contributed by atoms with van der Waals surface area (Å²) in [6.45, 7) is 2.67. The lowest BCUT2D eigenvalue weighted by atomic mass is 10.6. The first-order valence-corrected chi connectivity index (χ1v) is 6.65. The van der Waals surface area contributed by atoms with Gasteiger partial charge in [0.2, 0.25) is 0 Å². The summed E-state index contributed by atoms with van der Waals surface area (Å²) in [6.07, 6.45) is 7.64. The molecule has 0 spiro atoms. The van der Waals surface area contributed by atoms with Crippen LogP contribution in [0.2, 0.25) is 0 Å². The highest BCUT2D eigenvalue weighted by Crippen LogP contribution is 1.87. The lowest BCUT2D eigenvalue weighted by Gasteiger charge is -2.11. The minimum Gasteiger partial charge on any atom is -0.356 e. The molecule has 0 unspecified atom stereocenters. The Morgan fingerprint density at radius 3 is 2.88 bits per heavy atom. The Balaban J connectivity index is 2.14. The van der Waals surface area contributed by atoms with E-state index in [0.29, 0.717) is 0 Å². The third-order valence-corrected chi connectivity index (χ3v) is 2.66. The minimum absolute atomic E-state index is 0.843. The van der Waals surface area contributed by atoms with Crippen molar-refractivity contribution in [3.63, 3.8) is 0 Å². The van der Waals surface area contributed by atoms with E-state index in [4.69, 9.17) is 0 Å². The van der Waals surface area contributed by atoms with Crippen molar-refractivity contribution in [3.05, 3.63) is 18.7 Å². The molecule has 2 N–H and O–H groups in total. The summed E-state index contributed by atoms with van der Waals surface area (Å²) in [4.78, 5) is 8.13. The fraction of sp³-hybridized carbons (Fsp3) is 0.600. The van der Waals surface area contributed by atoms with E-state index in [0.717, 1.165) is 31.3 Å². The van der Waals surface area contributed by atoms with Crippen molar-refractivity contribution in [3.8, 4) is 0 Å². The summed E-state index contributed by atoms with van der Waals surface area (Å²) >= 11 is 1.82. The number of hydrogen-bond donors (Lipinski definition) is 2. The molecule has 5 nitrogen and oxygen atoms in total. The van der Waals surface area contributed by atoms with Crippen LogP contribution in [0.3, 0.4) is 0 Å². The first kappa shape index (κ1) is 12.9. The van der Waals surface area contributed by atoms with Crippen LogP contribution in [0.5, 0.6) is 0 Å². The highest BCUT2D eigenvalue weighted by Gasteiger charge is 1.95. The Kier molecular flexibility index (Phi) is 6.48. The Labute approximate surface area is 101 Å². The second-order valence-electron chi connectivity index (χ2n) is 3.22. The number of imidazole rings is 1. The van der Waals surface area contributed by atoms with Gasteiger partial charge in [0, 0.05) is 44.8 Å². The van der Waals surface area contributed by atoms with Crippen LogP contribution in [-0.2, 0) is 6.54 Å². The molecule has 6 heteroatoms. The second kappa shape index (κ2) is 8.04. The van der Waals surface area contributed by atoms with E-state index in [2.05, 4.69) is 26.9 Å². The average Bonchev–Trinajstić information content (AvgIpc) is 2.80. The lowest BCUT2D eigenvalue weighted by molar-refractivity contribution is 0.664. The van der Waals surface area contributed by atoms with Crippen LogP contribution in [0.1, 0.15) is 0 Å². The third-order valence-electron chi connectivity index (χ3n) is 2.04. The molecule has 0 aromatic carbocycles. The van der Waals surface area contributed by atoms with Crippen molar-refractivity contribution < 1.29 is 0 Å². The van der Waals surface area contributed by atoms with Crippen molar-refractivity contribution >= 4 is 17.7 Å². The molecule has 0 atom stereocenters. The van der Waals surface area contributed by atoms with Crippen molar-refractivity contribution in [2.45, 2.75) is 6.54 Å². The van der Waals surface area contributed by atoms with Gasteiger partial charge in [0.05, 0.1) is 6.33 Å². The standard InChI is InChI=1S/C10H19N5S/c1-11-10(14-5-8-16-2)13-4-7-15-6-3-12-9-15/h3,6,9H,4-5,7-8H2,1-2H3,(H2,11,13,14). The number of guanidine groups is 1. The van der Waals surface area contributed by atoms with Crippen LogP contribution in [-0.4, -0.2) is 47.7 Å². The predicted octanol–water partition coefficient (Wildman–Crippen LogP) is 0.411. The van der Waals surface area contributed by atoms with Gasteiger partial charge in [-0.1, -0.05) is 0 Å². The van der Waals surface area contributed by atoms with Crippen LogP contribution >= 0.6 is 11.8 Å². The van der Waals surface area contributed by atoms with Crippen LogP contribution < -0.4 is 10.6 Å². The van der Waals surface area contributed by atoms with Gasteiger partial charge in [0.25, 0.3) is 0 Å². The van der Waals surface area contributed by atoms with Gasteiger partial charge in [-0.05, 0) is 6.26 Å². The third kappa shape index (κ3) is 5.06. The predicted molar refractivity (Wildman–Crippen MR) is 70.0 cm³/mol. The van der Waals surface area contributed by atoms with Gasteiger partial charge in [-0.15, -0.1) is 0 Å². The zero-order valence-electron chi connectivity index (χ0n) is 9.81. The lowest BCUT2D eigenvalue weighted by Crippen LogP contribution is -2.39. The molecule has 0 radical (unpaired) electrons. The maximum Gasteiger partial charge on any atom is 0.191 e. The summed E-state index contributed by atoms with van der Waals surface area (Å²) < 4.78 is 2.03. The van der Waals surface area contributed by atoms with Gasteiger partial charge in [0.15, 0.2) is 5.96 Å².